The Kier molecular flexibility index (Phi) is 11.8. The van der Waals surface area contributed by atoms with E-state index in [9.17, 15) is 0 Å². The molecule has 0 saturated heterocycles. The van der Waals surface area contributed by atoms with Gasteiger partial charge in [-0.1, -0.05) is 38.1 Å². The summed E-state index contributed by atoms with van der Waals surface area (Å²) < 4.78 is 16.6. The van der Waals surface area contributed by atoms with Gasteiger partial charge in [0.2, 0.25) is 5.89 Å². The van der Waals surface area contributed by atoms with Gasteiger partial charge >= 0.3 is 0 Å². The lowest BCUT2D eigenvalue weighted by atomic mass is 9.97. The van der Waals surface area contributed by atoms with Gasteiger partial charge in [-0.25, -0.2) is 4.99 Å². The molecule has 31 heavy (non-hydrogen) atoms. The normalized spacial score (nSPS) is 11.7. The van der Waals surface area contributed by atoms with E-state index in [2.05, 4.69) is 31.8 Å². The van der Waals surface area contributed by atoms with Gasteiger partial charge in [0, 0.05) is 24.1 Å². The fraction of sp³-hybridized carbons (Fsp3) is 0.591. The van der Waals surface area contributed by atoms with Gasteiger partial charge in [-0.05, 0) is 32.4 Å². The molecule has 0 unspecified atom stereocenters. The summed E-state index contributed by atoms with van der Waals surface area (Å²) in [7, 11) is 0. The fourth-order valence-corrected chi connectivity index (χ4v) is 2.58. The Bertz CT molecular complexity index is 818. The first-order valence-electron chi connectivity index (χ1n) is 10.5. The third-order valence-corrected chi connectivity index (χ3v) is 4.19. The summed E-state index contributed by atoms with van der Waals surface area (Å²) in [6.07, 6.45) is 0. The lowest BCUT2D eigenvalue weighted by Crippen LogP contribution is -2.37. The highest BCUT2D eigenvalue weighted by Crippen LogP contribution is 2.21. The van der Waals surface area contributed by atoms with Crippen LogP contribution in [0.1, 0.15) is 57.5 Å². The van der Waals surface area contributed by atoms with Crippen molar-refractivity contribution in [2.75, 3.05) is 26.4 Å². The minimum absolute atomic E-state index is 0. The van der Waals surface area contributed by atoms with E-state index in [0.29, 0.717) is 50.6 Å². The Morgan fingerprint density at radius 1 is 1.16 bits per heavy atom. The highest BCUT2D eigenvalue weighted by atomic mass is 127. The number of rotatable bonds is 10. The van der Waals surface area contributed by atoms with E-state index in [1.54, 1.807) is 0 Å². The zero-order valence-electron chi connectivity index (χ0n) is 19.4. The number of aryl methyl sites for hydroxylation is 1. The number of aliphatic imine (C=N–C) groups is 1. The maximum atomic E-state index is 5.91. The van der Waals surface area contributed by atoms with Gasteiger partial charge in [-0.2, -0.15) is 4.98 Å². The summed E-state index contributed by atoms with van der Waals surface area (Å²) in [6, 6.07) is 6.14. The number of hydrogen-bond acceptors (Lipinski definition) is 6. The van der Waals surface area contributed by atoms with E-state index in [-0.39, 0.29) is 29.4 Å². The Hall–Kier alpha value is -1.88. The van der Waals surface area contributed by atoms with Crippen molar-refractivity contribution in [2.45, 2.75) is 60.0 Å². The van der Waals surface area contributed by atoms with Crippen molar-refractivity contribution >= 4 is 29.9 Å². The van der Waals surface area contributed by atoms with Crippen molar-refractivity contribution in [3.63, 3.8) is 0 Å². The molecular weight excluding hydrogens is 509 g/mol. The number of ether oxygens (including phenoxy) is 2. The predicted octanol–water partition coefficient (Wildman–Crippen LogP) is 3.96. The number of benzene rings is 1. The van der Waals surface area contributed by atoms with E-state index in [4.69, 9.17) is 14.0 Å². The lowest BCUT2D eigenvalue weighted by molar-refractivity contribution is 0.110. The second-order valence-electron chi connectivity index (χ2n) is 7.97. The molecular formula is C22H36IN5O3. The number of nitrogens with one attached hydrogen (secondary N) is 2. The molecule has 1 heterocycles. The van der Waals surface area contributed by atoms with Crippen LogP contribution in [0.2, 0.25) is 0 Å². The molecule has 0 aliphatic heterocycles. The van der Waals surface area contributed by atoms with Crippen LogP contribution in [0, 0.1) is 6.92 Å². The summed E-state index contributed by atoms with van der Waals surface area (Å²) in [4.78, 5) is 9.14. The molecule has 0 bridgehead atoms. The first-order valence-corrected chi connectivity index (χ1v) is 10.5. The summed E-state index contributed by atoms with van der Waals surface area (Å²) >= 11 is 0. The molecule has 2 N–H and O–H groups in total. The monoisotopic (exact) mass is 545 g/mol. The molecule has 0 aliphatic carbocycles. The maximum Gasteiger partial charge on any atom is 0.232 e. The van der Waals surface area contributed by atoms with Gasteiger partial charge in [-0.15, -0.1) is 24.0 Å². The maximum absolute atomic E-state index is 5.91. The van der Waals surface area contributed by atoms with Gasteiger partial charge < -0.3 is 24.6 Å². The van der Waals surface area contributed by atoms with E-state index in [0.717, 1.165) is 23.4 Å². The van der Waals surface area contributed by atoms with Crippen LogP contribution in [0.15, 0.2) is 27.7 Å². The summed E-state index contributed by atoms with van der Waals surface area (Å²) in [5.41, 5.74) is 1.99. The van der Waals surface area contributed by atoms with Crippen LogP contribution in [0.4, 0.5) is 0 Å². The highest BCUT2D eigenvalue weighted by Gasteiger charge is 2.21. The van der Waals surface area contributed by atoms with Crippen LogP contribution in [-0.2, 0) is 23.2 Å². The van der Waals surface area contributed by atoms with Gasteiger partial charge in [-0.3, -0.25) is 0 Å². The minimum Gasteiger partial charge on any atom is -0.491 e. The molecule has 174 valence electrons. The molecule has 1 aromatic heterocycles. The molecule has 0 amide bonds. The second-order valence-corrected chi connectivity index (χ2v) is 7.97. The van der Waals surface area contributed by atoms with Gasteiger partial charge in [0.25, 0.3) is 0 Å². The van der Waals surface area contributed by atoms with E-state index in [1.165, 1.54) is 0 Å². The summed E-state index contributed by atoms with van der Waals surface area (Å²) in [5, 5.41) is 10.5. The van der Waals surface area contributed by atoms with E-state index < -0.39 is 0 Å². The van der Waals surface area contributed by atoms with Crippen LogP contribution in [0.5, 0.6) is 5.75 Å². The van der Waals surface area contributed by atoms with Crippen LogP contribution in [-0.4, -0.2) is 42.5 Å². The predicted molar refractivity (Wildman–Crippen MR) is 133 cm³/mol. The molecule has 0 atom stereocenters. The molecule has 0 spiro atoms. The molecule has 9 heteroatoms. The number of halogens is 1. The Morgan fingerprint density at radius 3 is 2.58 bits per heavy atom. The largest absolute Gasteiger partial charge is 0.491 e. The zero-order chi connectivity index (χ0) is 22.0. The average molecular weight is 545 g/mol. The molecule has 2 aromatic rings. The first-order chi connectivity index (χ1) is 14.3. The van der Waals surface area contributed by atoms with Gasteiger partial charge in [0.05, 0.1) is 19.7 Å². The van der Waals surface area contributed by atoms with Crippen LogP contribution < -0.4 is 15.4 Å². The van der Waals surface area contributed by atoms with Crippen molar-refractivity contribution in [1.29, 1.82) is 0 Å². The third kappa shape index (κ3) is 9.42. The van der Waals surface area contributed by atoms with E-state index >= 15 is 0 Å². The molecule has 8 nitrogen and oxygen atoms in total. The fourth-order valence-electron chi connectivity index (χ4n) is 2.58. The molecule has 1 aromatic carbocycles. The van der Waals surface area contributed by atoms with Crippen LogP contribution in [0.25, 0.3) is 0 Å². The zero-order valence-corrected chi connectivity index (χ0v) is 21.8. The SMILES string of the molecule is CCNC(=NCc1ccc(C)cc1OCCOCC)NCc1noc(C(C)(C)C)n1.I. The average Bonchev–Trinajstić information content (AvgIpc) is 3.18. The minimum atomic E-state index is -0.173. The molecule has 0 aliphatic rings. The topological polar surface area (TPSA) is 93.8 Å². The van der Waals surface area contributed by atoms with Crippen molar-refractivity contribution in [2.24, 2.45) is 4.99 Å². The van der Waals surface area contributed by atoms with E-state index in [1.807, 2.05) is 53.7 Å². The van der Waals surface area contributed by atoms with Gasteiger partial charge in [0.15, 0.2) is 11.8 Å². The third-order valence-electron chi connectivity index (χ3n) is 4.19. The molecule has 0 fully saturated rings. The summed E-state index contributed by atoms with van der Waals surface area (Å²) in [5.74, 6) is 2.73. The highest BCUT2D eigenvalue weighted by molar-refractivity contribution is 14.0. The number of hydrogen-bond donors (Lipinski definition) is 2. The number of nitrogens with zero attached hydrogens (tertiary/aromatic N) is 3. The van der Waals surface area contributed by atoms with Crippen molar-refractivity contribution < 1.29 is 14.0 Å². The van der Waals surface area contributed by atoms with Crippen molar-refractivity contribution in [3.8, 4) is 5.75 Å². The van der Waals surface area contributed by atoms with Gasteiger partial charge in [0.1, 0.15) is 12.4 Å². The molecule has 0 radical (unpaired) electrons. The second kappa shape index (κ2) is 13.5. The molecule has 0 saturated carbocycles. The number of guanidine groups is 1. The lowest BCUT2D eigenvalue weighted by Gasteiger charge is -2.13. The number of aromatic nitrogens is 2. The van der Waals surface area contributed by atoms with Crippen LogP contribution in [0.3, 0.4) is 0 Å². The quantitative estimate of drug-likeness (QED) is 0.202. The van der Waals surface area contributed by atoms with Crippen molar-refractivity contribution in [3.05, 3.63) is 41.0 Å². The Labute approximate surface area is 202 Å². The summed E-state index contributed by atoms with van der Waals surface area (Å²) in [6.45, 7) is 15.6. The smallest absolute Gasteiger partial charge is 0.232 e. The van der Waals surface area contributed by atoms with Crippen LogP contribution >= 0.6 is 24.0 Å². The Morgan fingerprint density at radius 2 is 1.94 bits per heavy atom. The first kappa shape index (κ1) is 27.2. The van der Waals surface area contributed by atoms with Crippen molar-refractivity contribution in [1.82, 2.24) is 20.8 Å². The standard InChI is InChI=1S/C22H35N5O3.HI/c1-7-23-21(25-15-19-26-20(30-27-19)22(4,5)6)24-14-17-10-9-16(3)13-18(17)29-12-11-28-8-2;/h9-10,13H,7-8,11-12,14-15H2,1-6H3,(H2,23,24,25);1H. The Balaban J connectivity index is 0.00000480. The molecule has 2 rings (SSSR count).